The van der Waals surface area contributed by atoms with Gasteiger partial charge in [-0.2, -0.15) is 11.8 Å². The van der Waals surface area contributed by atoms with Gasteiger partial charge in [0.05, 0.1) is 12.7 Å². The summed E-state index contributed by atoms with van der Waals surface area (Å²) in [5, 5.41) is 9.63. The first kappa shape index (κ1) is 13.9. The molecule has 2 nitrogen and oxygen atoms in total. The molecule has 1 N–H and O–H groups in total. The van der Waals surface area contributed by atoms with E-state index in [1.54, 1.807) is 6.92 Å². The second-order valence-electron chi connectivity index (χ2n) is 3.55. The van der Waals surface area contributed by atoms with Crippen molar-refractivity contribution < 1.29 is 9.84 Å². The lowest BCUT2D eigenvalue weighted by molar-refractivity contribution is 0.191. The van der Waals surface area contributed by atoms with Gasteiger partial charge in [-0.1, -0.05) is 15.9 Å². The highest BCUT2D eigenvalue weighted by Crippen LogP contribution is 2.28. The van der Waals surface area contributed by atoms with Crippen LogP contribution in [-0.4, -0.2) is 23.7 Å². The Balaban J connectivity index is 2.64. The van der Waals surface area contributed by atoms with Crippen LogP contribution in [0.3, 0.4) is 0 Å². The zero-order valence-corrected chi connectivity index (χ0v) is 12.0. The molecule has 0 saturated carbocycles. The third-order valence-corrected chi connectivity index (χ3v) is 3.36. The number of benzene rings is 1. The fourth-order valence-electron chi connectivity index (χ4n) is 1.36. The fraction of sp³-hybridized carbons (Fsp3) is 0.500. The molecule has 1 atom stereocenters. The van der Waals surface area contributed by atoms with Crippen LogP contribution in [-0.2, 0) is 0 Å². The van der Waals surface area contributed by atoms with Gasteiger partial charge < -0.3 is 9.84 Å². The highest BCUT2D eigenvalue weighted by Gasteiger charge is 2.09. The maximum Gasteiger partial charge on any atom is 0.125 e. The van der Waals surface area contributed by atoms with Crippen molar-refractivity contribution in [1.29, 1.82) is 0 Å². The van der Waals surface area contributed by atoms with Gasteiger partial charge in [-0.3, -0.25) is 0 Å². The van der Waals surface area contributed by atoms with E-state index in [0.717, 1.165) is 28.0 Å². The molecular formula is C12H17BrO2S. The summed E-state index contributed by atoms with van der Waals surface area (Å²) in [6, 6.07) is 5.72. The highest BCUT2D eigenvalue weighted by molar-refractivity contribution is 9.10. The third kappa shape index (κ3) is 4.36. The lowest BCUT2D eigenvalue weighted by Gasteiger charge is -2.13. The summed E-state index contributed by atoms with van der Waals surface area (Å²) in [5.74, 6) is 1.87. The molecule has 0 saturated heterocycles. The van der Waals surface area contributed by atoms with Crippen LogP contribution >= 0.6 is 27.7 Å². The summed E-state index contributed by atoms with van der Waals surface area (Å²) in [6.45, 7) is 2.44. The summed E-state index contributed by atoms with van der Waals surface area (Å²) in [6.07, 6.45) is 2.60. The van der Waals surface area contributed by atoms with Gasteiger partial charge in [-0.25, -0.2) is 0 Å². The Morgan fingerprint density at radius 1 is 1.50 bits per heavy atom. The normalized spacial score (nSPS) is 12.5. The summed E-state index contributed by atoms with van der Waals surface area (Å²) < 4.78 is 6.62. The molecular weight excluding hydrogens is 288 g/mol. The Morgan fingerprint density at radius 2 is 2.25 bits per heavy atom. The number of aliphatic hydroxyl groups is 1. The molecule has 1 rings (SSSR count). The van der Waals surface area contributed by atoms with Crippen molar-refractivity contribution in [1.82, 2.24) is 0 Å². The average molecular weight is 305 g/mol. The zero-order chi connectivity index (χ0) is 12.0. The van der Waals surface area contributed by atoms with E-state index in [1.165, 1.54) is 0 Å². The Hall–Kier alpha value is -0.190. The minimum atomic E-state index is -0.506. The van der Waals surface area contributed by atoms with Crippen molar-refractivity contribution >= 4 is 27.7 Å². The highest BCUT2D eigenvalue weighted by atomic mass is 79.9. The molecule has 0 heterocycles. The summed E-state index contributed by atoms with van der Waals surface area (Å²) in [4.78, 5) is 0. The standard InChI is InChI=1S/C12H17BrO2S/c1-9(14)11-8-10(13)4-5-12(11)15-6-3-7-16-2/h4-5,8-9,14H,3,6-7H2,1-2H3/t9-/m1/s1. The lowest BCUT2D eigenvalue weighted by Crippen LogP contribution is -2.03. The van der Waals surface area contributed by atoms with Crippen LogP contribution in [0.5, 0.6) is 5.75 Å². The molecule has 0 radical (unpaired) electrons. The summed E-state index contributed by atoms with van der Waals surface area (Å²) in [7, 11) is 0. The number of halogens is 1. The summed E-state index contributed by atoms with van der Waals surface area (Å²) >= 11 is 5.20. The molecule has 1 aromatic carbocycles. The lowest BCUT2D eigenvalue weighted by atomic mass is 10.1. The number of hydrogen-bond donors (Lipinski definition) is 1. The van der Waals surface area contributed by atoms with Crippen LogP contribution in [0.25, 0.3) is 0 Å². The quantitative estimate of drug-likeness (QED) is 0.814. The van der Waals surface area contributed by atoms with Gasteiger partial charge in [-0.05, 0) is 43.6 Å². The summed E-state index contributed by atoms with van der Waals surface area (Å²) in [5.41, 5.74) is 0.832. The Bertz CT molecular complexity index is 329. The van der Waals surface area contributed by atoms with Crippen LogP contribution in [0.1, 0.15) is 25.0 Å². The van der Waals surface area contributed by atoms with Gasteiger partial charge in [-0.15, -0.1) is 0 Å². The first-order valence-corrected chi connectivity index (χ1v) is 7.43. The SMILES string of the molecule is CSCCCOc1ccc(Br)cc1[C@@H](C)O. The minimum Gasteiger partial charge on any atom is -0.493 e. The minimum absolute atomic E-state index is 0.506. The largest absolute Gasteiger partial charge is 0.493 e. The first-order chi connectivity index (χ1) is 7.65. The van der Waals surface area contributed by atoms with E-state index in [1.807, 2.05) is 30.0 Å². The number of aliphatic hydroxyl groups excluding tert-OH is 1. The number of ether oxygens (including phenoxy) is 1. The molecule has 0 fully saturated rings. The van der Waals surface area contributed by atoms with Crippen LogP contribution in [0.4, 0.5) is 0 Å². The van der Waals surface area contributed by atoms with E-state index in [2.05, 4.69) is 22.2 Å². The van der Waals surface area contributed by atoms with Crippen molar-refractivity contribution in [3.8, 4) is 5.75 Å². The van der Waals surface area contributed by atoms with E-state index in [0.29, 0.717) is 6.61 Å². The van der Waals surface area contributed by atoms with E-state index in [-0.39, 0.29) is 0 Å². The third-order valence-electron chi connectivity index (χ3n) is 2.17. The predicted octanol–water partition coefficient (Wildman–Crippen LogP) is 3.63. The van der Waals surface area contributed by atoms with Crippen molar-refractivity contribution in [2.24, 2.45) is 0 Å². The van der Waals surface area contributed by atoms with Crippen LogP contribution in [0.15, 0.2) is 22.7 Å². The average Bonchev–Trinajstić information content (AvgIpc) is 2.26. The number of rotatable bonds is 6. The van der Waals surface area contributed by atoms with Gasteiger partial charge in [0.2, 0.25) is 0 Å². The smallest absolute Gasteiger partial charge is 0.125 e. The monoisotopic (exact) mass is 304 g/mol. The van der Waals surface area contributed by atoms with Crippen LogP contribution < -0.4 is 4.74 Å². The first-order valence-electron chi connectivity index (χ1n) is 5.24. The van der Waals surface area contributed by atoms with Crippen molar-refractivity contribution in [3.05, 3.63) is 28.2 Å². The van der Waals surface area contributed by atoms with Gasteiger partial charge in [0, 0.05) is 10.0 Å². The molecule has 0 aliphatic heterocycles. The molecule has 0 aliphatic rings. The number of thioether (sulfide) groups is 1. The topological polar surface area (TPSA) is 29.5 Å². The molecule has 1 aromatic rings. The molecule has 0 amide bonds. The predicted molar refractivity (Wildman–Crippen MR) is 73.3 cm³/mol. The van der Waals surface area contributed by atoms with E-state index in [9.17, 15) is 5.11 Å². The van der Waals surface area contributed by atoms with Gasteiger partial charge in [0.1, 0.15) is 5.75 Å². The Kier molecular flexibility index (Phi) is 6.24. The molecule has 0 aliphatic carbocycles. The maximum absolute atomic E-state index is 9.63. The van der Waals surface area contributed by atoms with Crippen LogP contribution in [0, 0.1) is 0 Å². The molecule has 0 bridgehead atoms. The Labute approximate surface area is 110 Å². The van der Waals surface area contributed by atoms with Gasteiger partial charge >= 0.3 is 0 Å². The molecule has 4 heteroatoms. The van der Waals surface area contributed by atoms with Crippen molar-refractivity contribution in [3.63, 3.8) is 0 Å². The van der Waals surface area contributed by atoms with Gasteiger partial charge in [0.15, 0.2) is 0 Å². The van der Waals surface area contributed by atoms with E-state index < -0.39 is 6.10 Å². The second-order valence-corrected chi connectivity index (χ2v) is 5.45. The number of hydrogen-bond acceptors (Lipinski definition) is 3. The molecule has 90 valence electrons. The molecule has 0 unspecified atom stereocenters. The molecule has 0 spiro atoms. The van der Waals surface area contributed by atoms with Crippen molar-refractivity contribution in [2.75, 3.05) is 18.6 Å². The molecule has 0 aromatic heterocycles. The Morgan fingerprint density at radius 3 is 2.88 bits per heavy atom. The van der Waals surface area contributed by atoms with E-state index in [4.69, 9.17) is 4.74 Å². The van der Waals surface area contributed by atoms with E-state index >= 15 is 0 Å². The van der Waals surface area contributed by atoms with Crippen LogP contribution in [0.2, 0.25) is 0 Å². The second kappa shape index (κ2) is 7.20. The molecule has 16 heavy (non-hydrogen) atoms. The van der Waals surface area contributed by atoms with Crippen molar-refractivity contribution in [2.45, 2.75) is 19.4 Å². The fourth-order valence-corrected chi connectivity index (χ4v) is 2.15. The maximum atomic E-state index is 9.63. The zero-order valence-electron chi connectivity index (χ0n) is 9.57. The van der Waals surface area contributed by atoms with Gasteiger partial charge in [0.25, 0.3) is 0 Å².